The van der Waals surface area contributed by atoms with E-state index < -0.39 is 0 Å². The van der Waals surface area contributed by atoms with Gasteiger partial charge in [-0.3, -0.25) is 4.79 Å². The van der Waals surface area contributed by atoms with E-state index in [1.54, 1.807) is 25.3 Å². The Morgan fingerprint density at radius 3 is 2.55 bits per heavy atom. The standard InChI is InChI=1S/C16H25N3O3/c1-11(2)18-15(20)14-7-5-6-13(8-14)9-17-16(21)19-12(3)10-22-4/h5-8,11-12H,9-10H2,1-4H3,(H,18,20)(H2,17,19,21). The minimum Gasteiger partial charge on any atom is -0.383 e. The van der Waals surface area contributed by atoms with Crippen LogP contribution < -0.4 is 16.0 Å². The maximum atomic E-state index is 11.9. The Morgan fingerprint density at radius 2 is 1.91 bits per heavy atom. The number of rotatable bonds is 7. The molecule has 22 heavy (non-hydrogen) atoms. The molecule has 0 radical (unpaired) electrons. The van der Waals surface area contributed by atoms with Gasteiger partial charge in [0.25, 0.3) is 5.91 Å². The number of benzene rings is 1. The molecule has 0 aromatic heterocycles. The first kappa shape index (κ1) is 18.0. The van der Waals surface area contributed by atoms with E-state index in [4.69, 9.17) is 4.74 Å². The minimum absolute atomic E-state index is 0.0619. The SMILES string of the molecule is COCC(C)NC(=O)NCc1cccc(C(=O)NC(C)C)c1. The molecule has 1 aromatic rings. The molecule has 3 N–H and O–H groups in total. The highest BCUT2D eigenvalue weighted by atomic mass is 16.5. The summed E-state index contributed by atoms with van der Waals surface area (Å²) in [4.78, 5) is 23.6. The Kier molecular flexibility index (Phi) is 7.39. The van der Waals surface area contributed by atoms with Crippen LogP contribution in [-0.4, -0.2) is 37.7 Å². The highest BCUT2D eigenvalue weighted by molar-refractivity contribution is 5.94. The lowest BCUT2D eigenvalue weighted by molar-refractivity contribution is 0.0943. The first-order chi connectivity index (χ1) is 10.4. The highest BCUT2D eigenvalue weighted by Crippen LogP contribution is 2.05. The van der Waals surface area contributed by atoms with Crippen molar-refractivity contribution in [3.8, 4) is 0 Å². The number of methoxy groups -OCH3 is 1. The number of hydrogen-bond acceptors (Lipinski definition) is 3. The molecule has 0 aliphatic rings. The van der Waals surface area contributed by atoms with Crippen molar-refractivity contribution < 1.29 is 14.3 Å². The summed E-state index contributed by atoms with van der Waals surface area (Å²) >= 11 is 0. The number of hydrogen-bond donors (Lipinski definition) is 3. The molecule has 0 aliphatic heterocycles. The van der Waals surface area contributed by atoms with Crippen molar-refractivity contribution >= 4 is 11.9 Å². The van der Waals surface area contributed by atoms with E-state index in [9.17, 15) is 9.59 Å². The molecule has 6 heteroatoms. The molecule has 0 fully saturated rings. The third-order valence-electron chi connectivity index (χ3n) is 2.86. The molecule has 1 atom stereocenters. The van der Waals surface area contributed by atoms with Crippen LogP contribution >= 0.6 is 0 Å². The number of ether oxygens (including phenoxy) is 1. The zero-order chi connectivity index (χ0) is 16.5. The average Bonchev–Trinajstić information content (AvgIpc) is 2.45. The van der Waals surface area contributed by atoms with Gasteiger partial charge in [-0.25, -0.2) is 4.79 Å². The van der Waals surface area contributed by atoms with Crippen molar-refractivity contribution in [2.75, 3.05) is 13.7 Å². The van der Waals surface area contributed by atoms with E-state index in [1.165, 1.54) is 0 Å². The lowest BCUT2D eigenvalue weighted by atomic mass is 10.1. The van der Waals surface area contributed by atoms with Crippen LogP contribution in [0.3, 0.4) is 0 Å². The van der Waals surface area contributed by atoms with Gasteiger partial charge >= 0.3 is 6.03 Å². The number of amides is 3. The molecular weight excluding hydrogens is 282 g/mol. The van der Waals surface area contributed by atoms with E-state index >= 15 is 0 Å². The number of carbonyl (C=O) groups is 2. The quantitative estimate of drug-likeness (QED) is 0.717. The topological polar surface area (TPSA) is 79.5 Å². The second-order valence-electron chi connectivity index (χ2n) is 5.51. The van der Waals surface area contributed by atoms with Crippen molar-refractivity contribution in [3.05, 3.63) is 35.4 Å². The van der Waals surface area contributed by atoms with Crippen LogP contribution in [0.4, 0.5) is 4.79 Å². The molecule has 0 saturated heterocycles. The largest absolute Gasteiger partial charge is 0.383 e. The van der Waals surface area contributed by atoms with Crippen molar-refractivity contribution in [1.29, 1.82) is 0 Å². The van der Waals surface area contributed by atoms with Crippen LogP contribution in [0.15, 0.2) is 24.3 Å². The van der Waals surface area contributed by atoms with Crippen molar-refractivity contribution in [1.82, 2.24) is 16.0 Å². The molecule has 1 unspecified atom stereocenters. The lowest BCUT2D eigenvalue weighted by Gasteiger charge is -2.14. The van der Waals surface area contributed by atoms with Gasteiger partial charge in [-0.1, -0.05) is 12.1 Å². The predicted octanol–water partition coefficient (Wildman–Crippen LogP) is 1.66. The Bertz CT molecular complexity index is 503. The van der Waals surface area contributed by atoms with Gasteiger partial charge in [-0.15, -0.1) is 0 Å². The van der Waals surface area contributed by atoms with Crippen LogP contribution in [0.1, 0.15) is 36.7 Å². The van der Waals surface area contributed by atoms with Gasteiger partial charge in [0.05, 0.1) is 12.6 Å². The van der Waals surface area contributed by atoms with E-state index in [0.717, 1.165) is 5.56 Å². The number of nitrogens with one attached hydrogen (secondary N) is 3. The summed E-state index contributed by atoms with van der Waals surface area (Å²) < 4.78 is 4.95. The third kappa shape index (κ3) is 6.58. The fourth-order valence-electron chi connectivity index (χ4n) is 1.92. The molecule has 1 rings (SSSR count). The first-order valence-corrected chi connectivity index (χ1v) is 7.35. The molecule has 1 aromatic carbocycles. The summed E-state index contributed by atoms with van der Waals surface area (Å²) in [5.74, 6) is -0.116. The molecule has 0 saturated carbocycles. The summed E-state index contributed by atoms with van der Waals surface area (Å²) in [6.07, 6.45) is 0. The minimum atomic E-state index is -0.262. The molecule has 3 amide bonds. The second kappa shape index (κ2) is 9.04. The van der Waals surface area contributed by atoms with Crippen LogP contribution in [0.2, 0.25) is 0 Å². The van der Waals surface area contributed by atoms with Gasteiger partial charge in [0.15, 0.2) is 0 Å². The molecular formula is C16H25N3O3. The van der Waals surface area contributed by atoms with E-state index in [1.807, 2.05) is 26.8 Å². The number of carbonyl (C=O) groups excluding carboxylic acids is 2. The van der Waals surface area contributed by atoms with Crippen LogP contribution in [0, 0.1) is 0 Å². The fraction of sp³-hybridized carbons (Fsp3) is 0.500. The fourth-order valence-corrected chi connectivity index (χ4v) is 1.92. The Morgan fingerprint density at radius 1 is 1.18 bits per heavy atom. The molecule has 0 bridgehead atoms. The highest BCUT2D eigenvalue weighted by Gasteiger charge is 2.09. The summed E-state index contributed by atoms with van der Waals surface area (Å²) in [7, 11) is 1.59. The number of urea groups is 1. The molecule has 0 spiro atoms. The molecule has 0 heterocycles. The van der Waals surface area contributed by atoms with Gasteiger partial charge in [0.1, 0.15) is 0 Å². The summed E-state index contributed by atoms with van der Waals surface area (Å²) in [5.41, 5.74) is 1.45. The first-order valence-electron chi connectivity index (χ1n) is 7.35. The maximum Gasteiger partial charge on any atom is 0.315 e. The van der Waals surface area contributed by atoms with E-state index in [2.05, 4.69) is 16.0 Å². The van der Waals surface area contributed by atoms with Gasteiger partial charge in [0.2, 0.25) is 0 Å². The molecule has 6 nitrogen and oxygen atoms in total. The van der Waals surface area contributed by atoms with E-state index in [0.29, 0.717) is 18.7 Å². The van der Waals surface area contributed by atoms with Gasteiger partial charge in [0, 0.05) is 25.3 Å². The molecule has 0 aliphatic carbocycles. The van der Waals surface area contributed by atoms with Crippen LogP contribution in [0.25, 0.3) is 0 Å². The van der Waals surface area contributed by atoms with Crippen molar-refractivity contribution in [2.24, 2.45) is 0 Å². The van der Waals surface area contributed by atoms with Crippen molar-refractivity contribution in [2.45, 2.75) is 39.4 Å². The summed E-state index contributed by atoms with van der Waals surface area (Å²) in [6.45, 7) is 6.50. The lowest BCUT2D eigenvalue weighted by Crippen LogP contribution is -2.42. The Hall–Kier alpha value is -2.08. The van der Waals surface area contributed by atoms with Gasteiger partial charge < -0.3 is 20.7 Å². The smallest absolute Gasteiger partial charge is 0.315 e. The van der Waals surface area contributed by atoms with Crippen LogP contribution in [-0.2, 0) is 11.3 Å². The maximum absolute atomic E-state index is 11.9. The van der Waals surface area contributed by atoms with E-state index in [-0.39, 0.29) is 24.0 Å². The normalized spacial score (nSPS) is 11.9. The average molecular weight is 307 g/mol. The summed E-state index contributed by atoms with van der Waals surface area (Å²) in [5, 5.41) is 8.36. The Balaban J connectivity index is 2.53. The third-order valence-corrected chi connectivity index (χ3v) is 2.86. The van der Waals surface area contributed by atoms with Crippen molar-refractivity contribution in [3.63, 3.8) is 0 Å². The predicted molar refractivity (Wildman–Crippen MR) is 85.8 cm³/mol. The second-order valence-corrected chi connectivity index (χ2v) is 5.51. The monoisotopic (exact) mass is 307 g/mol. The molecule has 122 valence electrons. The zero-order valence-electron chi connectivity index (χ0n) is 13.6. The zero-order valence-corrected chi connectivity index (χ0v) is 13.6. The Labute approximate surface area is 131 Å². The van der Waals surface area contributed by atoms with Gasteiger partial charge in [-0.2, -0.15) is 0 Å². The summed E-state index contributed by atoms with van der Waals surface area (Å²) in [6, 6.07) is 6.96. The van der Waals surface area contributed by atoms with Crippen LogP contribution in [0.5, 0.6) is 0 Å². The van der Waals surface area contributed by atoms with Gasteiger partial charge in [-0.05, 0) is 38.5 Å².